The summed E-state index contributed by atoms with van der Waals surface area (Å²) >= 11 is 0. The van der Waals surface area contributed by atoms with Gasteiger partial charge in [-0.05, 0) is 122 Å². The standard InChI is InChI=1S/C81H136O17P2/c1-5-9-13-17-21-25-29-32-35-37-40-42-46-49-53-57-61-65-78(83)91-71-76(97-80(85)67-63-59-55-51-45-28-24-20-16-12-8-4)73-95-99(87,88)93-69-75(82)70-94-100(89,90)96-74-77(98-81(86)68-64-60-56-52-48-44-39-34-31-27-23-19-15-11-7-3)72-92-79(84)66-62-58-54-50-47-43-41-38-36-33-30-26-22-18-14-10-6-2/h9-10,13-14,20-22,24-26,32-33,35-36,40-43,49-50,53-54,75-77,82H,5-8,11-12,15-19,23,27-31,34,37-39,44-48,51-52,55-74H2,1-4H3,(H,87,88)(H,89,90)/b13-9-,14-10-,24-20-,25-21-,26-22-,35-32-,36-33-,42-40-,43-41-,53-49-,54-50-. The number of allylic oxidation sites excluding steroid dienone is 22. The van der Waals surface area contributed by atoms with Crippen molar-refractivity contribution in [1.29, 1.82) is 0 Å². The van der Waals surface area contributed by atoms with Crippen LogP contribution in [-0.2, 0) is 65.4 Å². The highest BCUT2D eigenvalue weighted by atomic mass is 31.2. The molecule has 5 unspecified atom stereocenters. The minimum absolute atomic E-state index is 0.0683. The predicted octanol–water partition coefficient (Wildman–Crippen LogP) is 22.1. The van der Waals surface area contributed by atoms with Crippen molar-refractivity contribution in [2.24, 2.45) is 0 Å². The van der Waals surface area contributed by atoms with Crippen LogP contribution in [0.1, 0.15) is 297 Å². The van der Waals surface area contributed by atoms with Crippen molar-refractivity contribution in [2.75, 3.05) is 39.6 Å². The molecule has 0 radical (unpaired) electrons. The van der Waals surface area contributed by atoms with Crippen molar-refractivity contribution in [3.63, 3.8) is 0 Å². The van der Waals surface area contributed by atoms with E-state index in [0.717, 1.165) is 128 Å². The fourth-order valence-corrected chi connectivity index (χ4v) is 11.4. The van der Waals surface area contributed by atoms with Gasteiger partial charge in [-0.1, -0.05) is 283 Å². The Hall–Kier alpha value is -4.80. The summed E-state index contributed by atoms with van der Waals surface area (Å²) in [7, 11) is -9.98. The SMILES string of the molecule is CC/C=C\C/C=C\C/C=C\C/C=C\C/C=C\CCCC(=O)OCC(COP(=O)(O)OCC(O)COP(=O)(O)OCC(COC(=O)CCC/C=C\C/C=C\C/C=C\C/C=C\C/C=C\CC)OC(=O)CCCCCCCCCCCCCCCCC)OC(=O)CCCCCCC/C=C\CCCC. The molecule has 0 saturated heterocycles. The molecule has 100 heavy (non-hydrogen) atoms. The summed E-state index contributed by atoms with van der Waals surface area (Å²) in [5, 5.41) is 10.6. The number of rotatable bonds is 71. The zero-order valence-corrected chi connectivity index (χ0v) is 64.1. The number of carbonyl (C=O) groups excluding carboxylic acids is 4. The molecule has 3 N–H and O–H groups in total. The highest BCUT2D eigenvalue weighted by Crippen LogP contribution is 2.45. The number of unbranched alkanes of at least 4 members (excludes halogenated alkanes) is 23. The second kappa shape index (κ2) is 72.5. The molecule has 17 nitrogen and oxygen atoms in total. The molecule has 0 heterocycles. The Bertz CT molecular complexity index is 2420. The number of phosphoric ester groups is 2. The average molecular weight is 1440 g/mol. The van der Waals surface area contributed by atoms with Crippen LogP contribution in [-0.4, -0.2) is 96.7 Å². The number of aliphatic hydroxyl groups excluding tert-OH is 1. The molecule has 0 amide bonds. The Kier molecular flexibility index (Phi) is 69.1. The zero-order chi connectivity index (χ0) is 73.2. The van der Waals surface area contributed by atoms with E-state index in [1.807, 2.05) is 24.3 Å². The van der Waals surface area contributed by atoms with E-state index in [0.29, 0.717) is 38.5 Å². The molecule has 0 fully saturated rings. The minimum atomic E-state index is -4.99. The first kappa shape index (κ1) is 95.2. The molecule has 0 aliphatic heterocycles. The van der Waals surface area contributed by atoms with Crippen molar-refractivity contribution in [3.8, 4) is 0 Å². The van der Waals surface area contributed by atoms with Crippen LogP contribution in [0.3, 0.4) is 0 Å². The summed E-state index contributed by atoms with van der Waals surface area (Å²) in [6.07, 6.45) is 80.3. The number of carbonyl (C=O) groups is 4. The maximum absolute atomic E-state index is 13.1. The molecular weight excluding hydrogens is 1310 g/mol. The first-order valence-electron chi connectivity index (χ1n) is 38.4. The molecule has 0 aliphatic carbocycles. The molecule has 5 atom stereocenters. The highest BCUT2D eigenvalue weighted by Gasteiger charge is 2.30. The second-order valence-electron chi connectivity index (χ2n) is 25.2. The monoisotopic (exact) mass is 1440 g/mol. The van der Waals surface area contributed by atoms with Gasteiger partial charge in [0.2, 0.25) is 0 Å². The van der Waals surface area contributed by atoms with Gasteiger partial charge in [-0.2, -0.15) is 0 Å². The Morgan fingerprint density at radius 2 is 0.540 bits per heavy atom. The molecule has 0 saturated carbocycles. The molecular formula is C81H136O17P2. The summed E-state index contributed by atoms with van der Waals surface area (Å²) in [5.41, 5.74) is 0. The van der Waals surface area contributed by atoms with Gasteiger partial charge in [0.25, 0.3) is 0 Å². The van der Waals surface area contributed by atoms with Crippen LogP contribution in [0.15, 0.2) is 134 Å². The van der Waals surface area contributed by atoms with Crippen molar-refractivity contribution < 1.29 is 80.2 Å². The largest absolute Gasteiger partial charge is 0.472 e. The zero-order valence-electron chi connectivity index (χ0n) is 62.3. The predicted molar refractivity (Wildman–Crippen MR) is 408 cm³/mol. The van der Waals surface area contributed by atoms with Crippen molar-refractivity contribution in [1.82, 2.24) is 0 Å². The van der Waals surface area contributed by atoms with Crippen LogP contribution in [0, 0.1) is 0 Å². The van der Waals surface area contributed by atoms with Gasteiger partial charge >= 0.3 is 39.5 Å². The smallest absolute Gasteiger partial charge is 0.462 e. The van der Waals surface area contributed by atoms with Gasteiger partial charge in [-0.3, -0.25) is 37.3 Å². The van der Waals surface area contributed by atoms with E-state index in [1.165, 1.54) is 77.0 Å². The van der Waals surface area contributed by atoms with Crippen molar-refractivity contribution >= 4 is 39.5 Å². The minimum Gasteiger partial charge on any atom is -0.462 e. The van der Waals surface area contributed by atoms with E-state index in [2.05, 4.69) is 137 Å². The summed E-state index contributed by atoms with van der Waals surface area (Å²) in [6, 6.07) is 0. The van der Waals surface area contributed by atoms with E-state index in [1.54, 1.807) is 0 Å². The van der Waals surface area contributed by atoms with Crippen LogP contribution < -0.4 is 0 Å². The number of hydrogen-bond acceptors (Lipinski definition) is 15. The Morgan fingerprint density at radius 3 is 0.870 bits per heavy atom. The summed E-state index contributed by atoms with van der Waals surface area (Å²) in [4.78, 5) is 72.8. The van der Waals surface area contributed by atoms with E-state index < -0.39 is 97.5 Å². The number of phosphoric acid groups is 2. The van der Waals surface area contributed by atoms with E-state index in [-0.39, 0.29) is 25.7 Å². The van der Waals surface area contributed by atoms with Gasteiger partial charge in [0.15, 0.2) is 12.2 Å². The number of esters is 4. The van der Waals surface area contributed by atoms with Gasteiger partial charge in [0, 0.05) is 25.7 Å². The van der Waals surface area contributed by atoms with Crippen LogP contribution in [0.2, 0.25) is 0 Å². The molecule has 0 bridgehead atoms. The normalized spacial score (nSPS) is 14.7. The number of hydrogen-bond donors (Lipinski definition) is 3. The first-order chi connectivity index (χ1) is 48.7. The molecule has 0 aromatic rings. The van der Waals surface area contributed by atoms with Crippen LogP contribution in [0.4, 0.5) is 0 Å². The third-order valence-electron chi connectivity index (χ3n) is 15.6. The molecule has 0 aromatic heterocycles. The topological polar surface area (TPSA) is 237 Å². The maximum Gasteiger partial charge on any atom is 0.472 e. The second-order valence-corrected chi connectivity index (χ2v) is 28.1. The van der Waals surface area contributed by atoms with Gasteiger partial charge in [0.05, 0.1) is 26.4 Å². The fraction of sp³-hybridized carbons (Fsp3) is 0.679. The maximum atomic E-state index is 13.1. The molecule has 0 rings (SSSR count). The van der Waals surface area contributed by atoms with E-state index in [4.69, 9.17) is 37.0 Å². The molecule has 0 aromatic carbocycles. The lowest BCUT2D eigenvalue weighted by Gasteiger charge is -2.21. The third-order valence-corrected chi connectivity index (χ3v) is 17.5. The fourth-order valence-electron chi connectivity index (χ4n) is 9.80. The summed E-state index contributed by atoms with van der Waals surface area (Å²) < 4.78 is 68.3. The summed E-state index contributed by atoms with van der Waals surface area (Å²) in [5.74, 6) is -2.32. The average Bonchev–Trinajstić information content (AvgIpc) is 0.989. The van der Waals surface area contributed by atoms with Gasteiger partial charge in [-0.25, -0.2) is 9.13 Å². The number of aliphatic hydroxyl groups is 1. The van der Waals surface area contributed by atoms with Crippen LogP contribution in [0.5, 0.6) is 0 Å². The van der Waals surface area contributed by atoms with Crippen molar-refractivity contribution in [3.05, 3.63) is 134 Å². The Morgan fingerprint density at radius 1 is 0.290 bits per heavy atom. The lowest BCUT2D eigenvalue weighted by molar-refractivity contribution is -0.161. The quantitative estimate of drug-likeness (QED) is 0.0169. The van der Waals surface area contributed by atoms with E-state index >= 15 is 0 Å². The highest BCUT2D eigenvalue weighted by molar-refractivity contribution is 7.47. The molecule has 0 aliphatic rings. The Balaban J connectivity index is 5.42. The lowest BCUT2D eigenvalue weighted by atomic mass is 10.0. The van der Waals surface area contributed by atoms with Crippen LogP contribution in [0.25, 0.3) is 0 Å². The third kappa shape index (κ3) is 71.6. The van der Waals surface area contributed by atoms with Gasteiger partial charge < -0.3 is 33.8 Å². The van der Waals surface area contributed by atoms with E-state index in [9.17, 15) is 43.2 Å². The van der Waals surface area contributed by atoms with Gasteiger partial charge in [0.1, 0.15) is 19.3 Å². The van der Waals surface area contributed by atoms with Crippen molar-refractivity contribution in [2.45, 2.75) is 316 Å². The summed E-state index contributed by atoms with van der Waals surface area (Å²) in [6.45, 7) is 4.47. The molecule has 572 valence electrons. The Labute approximate surface area is 605 Å². The lowest BCUT2D eigenvalue weighted by Crippen LogP contribution is -2.30. The molecule has 19 heteroatoms. The number of ether oxygens (including phenoxy) is 4. The first-order valence-corrected chi connectivity index (χ1v) is 41.4. The van der Waals surface area contributed by atoms with Crippen LogP contribution >= 0.6 is 15.6 Å². The molecule has 0 spiro atoms. The van der Waals surface area contributed by atoms with Gasteiger partial charge in [-0.15, -0.1) is 0 Å².